The van der Waals surface area contributed by atoms with E-state index in [0.717, 1.165) is 21.8 Å². The number of benzene rings is 2. The van der Waals surface area contributed by atoms with Gasteiger partial charge in [-0.25, -0.2) is 14.6 Å². The van der Waals surface area contributed by atoms with Crippen LogP contribution >= 0.6 is 11.3 Å². The number of carboxylic acid groups (broad SMARTS) is 1. The Morgan fingerprint density at radius 1 is 0.909 bits per heavy atom. The second-order valence-electron chi connectivity index (χ2n) is 11.7. The topological polar surface area (TPSA) is 144 Å². The number of aliphatic hydroxyl groups excluding tert-OH is 1. The van der Waals surface area contributed by atoms with Crippen molar-refractivity contribution < 1.29 is 24.6 Å². The van der Waals surface area contributed by atoms with Crippen molar-refractivity contribution in [3.8, 4) is 0 Å². The van der Waals surface area contributed by atoms with Gasteiger partial charge in [-0.2, -0.15) is 0 Å². The number of carbonyl (C=O) groups is 3. The standard InChI is InChI=1S/C33H45N5O5S/c1-21(2)29(30(40)35-25(16-23-12-8-6-9-13-23)18-26(39)19-34-33(42)43)37-32(41)38(5)28(17-24-14-10-7-11-15-24)27-20-44-31(36-27)22(3)4/h6-15,20-22,25-26,28-29,34,39H,16-19H2,1-5H3,(H,35,40)(H,37,41)(H,42,43). The van der Waals surface area contributed by atoms with Crippen molar-refractivity contribution in [2.45, 2.75) is 77.1 Å². The van der Waals surface area contributed by atoms with Crippen molar-refractivity contribution in [3.63, 3.8) is 0 Å². The van der Waals surface area contributed by atoms with Crippen LogP contribution in [0.2, 0.25) is 0 Å². The molecule has 0 saturated heterocycles. The predicted molar refractivity (Wildman–Crippen MR) is 173 cm³/mol. The van der Waals surface area contributed by atoms with E-state index in [1.807, 2.05) is 79.9 Å². The molecule has 3 rings (SSSR count). The van der Waals surface area contributed by atoms with E-state index in [1.54, 1.807) is 23.3 Å². The smallest absolute Gasteiger partial charge is 0.404 e. The molecular formula is C33H45N5O5S. The number of urea groups is 1. The van der Waals surface area contributed by atoms with Crippen molar-refractivity contribution in [3.05, 3.63) is 87.9 Å². The van der Waals surface area contributed by atoms with Crippen molar-refractivity contribution in [2.24, 2.45) is 5.92 Å². The van der Waals surface area contributed by atoms with Gasteiger partial charge in [-0.05, 0) is 36.3 Å². The van der Waals surface area contributed by atoms with Crippen LogP contribution in [-0.2, 0) is 17.6 Å². The van der Waals surface area contributed by atoms with Gasteiger partial charge in [0.25, 0.3) is 0 Å². The molecule has 0 spiro atoms. The van der Waals surface area contributed by atoms with Gasteiger partial charge in [0.05, 0.1) is 22.8 Å². The number of hydrogen-bond donors (Lipinski definition) is 5. The Bertz CT molecular complexity index is 1330. The third-order valence-corrected chi connectivity index (χ3v) is 8.54. The van der Waals surface area contributed by atoms with E-state index in [4.69, 9.17) is 10.1 Å². The first-order valence-electron chi connectivity index (χ1n) is 15.0. The summed E-state index contributed by atoms with van der Waals surface area (Å²) in [7, 11) is 1.72. The van der Waals surface area contributed by atoms with Crippen LogP contribution in [0, 0.1) is 5.92 Å². The average Bonchev–Trinajstić information content (AvgIpc) is 3.48. The zero-order valence-corrected chi connectivity index (χ0v) is 26.9. The molecule has 0 aliphatic carbocycles. The Hall–Kier alpha value is -3.96. The summed E-state index contributed by atoms with van der Waals surface area (Å²) in [4.78, 5) is 44.7. The first-order chi connectivity index (χ1) is 20.9. The van der Waals surface area contributed by atoms with Gasteiger partial charge in [0.2, 0.25) is 5.91 Å². The van der Waals surface area contributed by atoms with E-state index in [2.05, 4.69) is 29.8 Å². The maximum absolute atomic E-state index is 13.7. The molecule has 4 atom stereocenters. The first kappa shape index (κ1) is 34.5. The Morgan fingerprint density at radius 2 is 1.50 bits per heavy atom. The molecule has 3 aromatic rings. The van der Waals surface area contributed by atoms with E-state index in [-0.39, 0.29) is 36.8 Å². The second-order valence-corrected chi connectivity index (χ2v) is 12.6. The zero-order valence-electron chi connectivity index (χ0n) is 26.1. The Labute approximate surface area is 263 Å². The highest BCUT2D eigenvalue weighted by Crippen LogP contribution is 2.28. The second kappa shape index (κ2) is 16.8. The fraction of sp³-hybridized carbons (Fsp3) is 0.455. The number of amides is 4. The van der Waals surface area contributed by atoms with Crippen LogP contribution in [0.5, 0.6) is 0 Å². The van der Waals surface area contributed by atoms with Gasteiger partial charge in [-0.3, -0.25) is 4.79 Å². The van der Waals surface area contributed by atoms with Crippen molar-refractivity contribution >= 4 is 29.4 Å². The van der Waals surface area contributed by atoms with Gasteiger partial charge >= 0.3 is 12.1 Å². The zero-order chi connectivity index (χ0) is 32.2. The SMILES string of the molecule is CC(C)c1nc(C(Cc2ccccc2)N(C)C(=O)NC(C(=O)NC(Cc2ccccc2)CC(O)CNC(=O)O)C(C)C)cs1. The molecule has 0 fully saturated rings. The molecule has 2 aromatic carbocycles. The van der Waals surface area contributed by atoms with Crippen LogP contribution < -0.4 is 16.0 Å². The van der Waals surface area contributed by atoms with Crippen molar-refractivity contribution in [1.82, 2.24) is 25.8 Å². The molecule has 4 amide bonds. The maximum Gasteiger partial charge on any atom is 0.404 e. The molecule has 1 heterocycles. The normalized spacial score (nSPS) is 14.0. The lowest BCUT2D eigenvalue weighted by molar-refractivity contribution is -0.124. The summed E-state index contributed by atoms with van der Waals surface area (Å²) in [5.41, 5.74) is 2.82. The van der Waals surface area contributed by atoms with Crippen LogP contribution in [0.1, 0.15) is 67.9 Å². The third-order valence-electron chi connectivity index (χ3n) is 7.38. The molecule has 0 aliphatic rings. The predicted octanol–water partition coefficient (Wildman–Crippen LogP) is 4.96. The number of rotatable bonds is 15. The number of nitrogens with one attached hydrogen (secondary N) is 3. The Balaban J connectivity index is 1.77. The number of likely N-dealkylation sites (N-methyl/N-ethyl adjacent to an activating group) is 1. The molecular weight excluding hydrogens is 578 g/mol. The molecule has 0 radical (unpaired) electrons. The Morgan fingerprint density at radius 3 is 2.02 bits per heavy atom. The summed E-state index contributed by atoms with van der Waals surface area (Å²) in [5, 5.41) is 30.5. The van der Waals surface area contributed by atoms with Crippen LogP contribution in [0.15, 0.2) is 66.0 Å². The van der Waals surface area contributed by atoms with E-state index in [0.29, 0.717) is 12.8 Å². The molecule has 0 saturated carbocycles. The fourth-order valence-corrected chi connectivity index (χ4v) is 5.79. The summed E-state index contributed by atoms with van der Waals surface area (Å²) in [5.74, 6) is -0.347. The first-order valence-corrected chi connectivity index (χ1v) is 15.8. The van der Waals surface area contributed by atoms with Crippen LogP contribution in [0.4, 0.5) is 9.59 Å². The highest BCUT2D eigenvalue weighted by atomic mass is 32.1. The summed E-state index contributed by atoms with van der Waals surface area (Å²) in [6, 6.07) is 17.3. The molecule has 0 aliphatic heterocycles. The fourth-order valence-electron chi connectivity index (χ4n) is 4.91. The number of thiazole rings is 1. The van der Waals surface area contributed by atoms with Crippen molar-refractivity contribution in [1.29, 1.82) is 0 Å². The van der Waals surface area contributed by atoms with Gasteiger partial charge in [0.1, 0.15) is 6.04 Å². The van der Waals surface area contributed by atoms with Gasteiger partial charge in [-0.15, -0.1) is 11.3 Å². The highest BCUT2D eigenvalue weighted by Gasteiger charge is 2.31. The van der Waals surface area contributed by atoms with E-state index in [1.165, 1.54) is 0 Å². The summed E-state index contributed by atoms with van der Waals surface area (Å²) in [6.07, 6.45) is -1.13. The molecule has 11 heteroatoms. The average molecular weight is 624 g/mol. The van der Waals surface area contributed by atoms with Crippen LogP contribution in [0.3, 0.4) is 0 Å². The summed E-state index contributed by atoms with van der Waals surface area (Å²) >= 11 is 1.58. The van der Waals surface area contributed by atoms with Gasteiger partial charge in [-0.1, -0.05) is 88.4 Å². The van der Waals surface area contributed by atoms with Gasteiger partial charge in [0.15, 0.2) is 0 Å². The van der Waals surface area contributed by atoms with Crippen LogP contribution in [-0.4, -0.2) is 69.9 Å². The maximum atomic E-state index is 13.7. The van der Waals surface area contributed by atoms with Crippen LogP contribution in [0.25, 0.3) is 0 Å². The molecule has 10 nitrogen and oxygen atoms in total. The molecule has 5 N–H and O–H groups in total. The minimum absolute atomic E-state index is 0.126. The highest BCUT2D eigenvalue weighted by molar-refractivity contribution is 7.09. The van der Waals surface area contributed by atoms with E-state index in [9.17, 15) is 19.5 Å². The number of aliphatic hydroxyl groups is 1. The lowest BCUT2D eigenvalue weighted by Gasteiger charge is -2.31. The monoisotopic (exact) mass is 623 g/mol. The number of nitrogens with zero attached hydrogens (tertiary/aromatic N) is 2. The van der Waals surface area contributed by atoms with E-state index >= 15 is 0 Å². The lowest BCUT2D eigenvalue weighted by Crippen LogP contribution is -2.55. The molecule has 1 aromatic heterocycles. The number of hydrogen-bond acceptors (Lipinski definition) is 6. The number of carbonyl (C=O) groups excluding carboxylic acids is 2. The van der Waals surface area contributed by atoms with Crippen molar-refractivity contribution in [2.75, 3.05) is 13.6 Å². The molecule has 238 valence electrons. The minimum Gasteiger partial charge on any atom is -0.465 e. The Kier molecular flexibility index (Phi) is 13.2. The van der Waals surface area contributed by atoms with E-state index < -0.39 is 30.3 Å². The van der Waals surface area contributed by atoms with Gasteiger partial charge < -0.3 is 31.1 Å². The quantitative estimate of drug-likeness (QED) is 0.162. The summed E-state index contributed by atoms with van der Waals surface area (Å²) < 4.78 is 0. The summed E-state index contributed by atoms with van der Waals surface area (Å²) in [6.45, 7) is 7.73. The lowest BCUT2D eigenvalue weighted by atomic mass is 9.98. The number of aromatic nitrogens is 1. The molecule has 4 unspecified atom stereocenters. The van der Waals surface area contributed by atoms with Gasteiger partial charge in [0, 0.05) is 30.9 Å². The largest absolute Gasteiger partial charge is 0.465 e. The molecule has 0 bridgehead atoms. The molecule has 44 heavy (non-hydrogen) atoms. The third kappa shape index (κ3) is 10.6. The minimum atomic E-state index is -1.23.